The molecule has 3 rings (SSSR count). The predicted octanol–water partition coefficient (Wildman–Crippen LogP) is 1.71. The summed E-state index contributed by atoms with van der Waals surface area (Å²) in [6.45, 7) is 0.205. The van der Waals surface area contributed by atoms with E-state index in [1.54, 1.807) is 35.1 Å². The van der Waals surface area contributed by atoms with E-state index >= 15 is 0 Å². The molecule has 1 heterocycles. The van der Waals surface area contributed by atoms with E-state index in [9.17, 15) is 9.59 Å². The monoisotopic (exact) mass is 364 g/mol. The summed E-state index contributed by atoms with van der Waals surface area (Å²) in [6, 6.07) is 16.6. The molecule has 0 aliphatic carbocycles. The van der Waals surface area contributed by atoms with Crippen molar-refractivity contribution in [1.82, 2.24) is 15.1 Å². The molecule has 1 aromatic heterocycles. The lowest BCUT2D eigenvalue weighted by Crippen LogP contribution is -2.27. The van der Waals surface area contributed by atoms with Gasteiger partial charge in [-0.15, -0.1) is 0 Å². The molecule has 0 spiro atoms. The van der Waals surface area contributed by atoms with E-state index in [1.165, 1.54) is 0 Å². The van der Waals surface area contributed by atoms with Crippen molar-refractivity contribution >= 4 is 11.8 Å². The van der Waals surface area contributed by atoms with Crippen molar-refractivity contribution in [1.29, 1.82) is 0 Å². The average molecular weight is 364 g/mol. The Morgan fingerprint density at radius 2 is 1.85 bits per heavy atom. The highest BCUT2D eigenvalue weighted by Crippen LogP contribution is 2.17. The summed E-state index contributed by atoms with van der Waals surface area (Å²) >= 11 is 0. The van der Waals surface area contributed by atoms with Gasteiger partial charge < -0.3 is 15.8 Å². The van der Waals surface area contributed by atoms with Gasteiger partial charge >= 0.3 is 0 Å². The molecule has 2 aromatic carbocycles. The van der Waals surface area contributed by atoms with Crippen LogP contribution in [0.3, 0.4) is 0 Å². The third kappa shape index (κ3) is 4.94. The molecule has 0 unspecified atom stereocenters. The van der Waals surface area contributed by atoms with Gasteiger partial charge in [-0.1, -0.05) is 24.3 Å². The Kier molecular flexibility index (Phi) is 5.84. The summed E-state index contributed by atoms with van der Waals surface area (Å²) in [5, 5.41) is 7.05. The first-order valence-electron chi connectivity index (χ1n) is 8.51. The highest BCUT2D eigenvalue weighted by molar-refractivity contribution is 5.97. The van der Waals surface area contributed by atoms with Gasteiger partial charge in [0.25, 0.3) is 11.8 Å². The summed E-state index contributed by atoms with van der Waals surface area (Å²) in [4.78, 5) is 23.3. The molecule has 27 heavy (non-hydrogen) atoms. The van der Waals surface area contributed by atoms with Crippen LogP contribution in [0, 0.1) is 0 Å². The maximum Gasteiger partial charge on any atom is 0.255 e. The van der Waals surface area contributed by atoms with Crippen LogP contribution >= 0.6 is 0 Å². The minimum absolute atomic E-state index is 0.261. The Labute approximate surface area is 156 Å². The van der Waals surface area contributed by atoms with Crippen LogP contribution in [0.25, 0.3) is 5.69 Å². The highest BCUT2D eigenvalue weighted by atomic mass is 16.5. The van der Waals surface area contributed by atoms with Crippen molar-refractivity contribution in [2.75, 3.05) is 13.2 Å². The second kappa shape index (κ2) is 8.66. The third-order valence-electron chi connectivity index (χ3n) is 3.91. The molecule has 0 aliphatic rings. The quantitative estimate of drug-likeness (QED) is 0.635. The molecule has 7 nitrogen and oxygen atoms in total. The molecule has 3 aromatic rings. The number of carbonyl (C=O) groups excluding carboxylic acids is 2. The highest BCUT2D eigenvalue weighted by Gasteiger charge is 2.12. The molecule has 0 aliphatic heterocycles. The van der Waals surface area contributed by atoms with Gasteiger partial charge in [0.15, 0.2) is 6.61 Å². The van der Waals surface area contributed by atoms with Crippen LogP contribution in [0.2, 0.25) is 0 Å². The van der Waals surface area contributed by atoms with Crippen LogP contribution in [-0.4, -0.2) is 34.7 Å². The first kappa shape index (κ1) is 18.2. The van der Waals surface area contributed by atoms with E-state index in [2.05, 4.69) is 10.4 Å². The SMILES string of the molecule is NC(=O)COc1ccccc1C(=O)NCCc1ccc(-n2cccn2)cc1. The normalized spacial score (nSPS) is 10.4. The van der Waals surface area contributed by atoms with Crippen molar-refractivity contribution in [2.24, 2.45) is 5.73 Å². The molecule has 3 N–H and O–H groups in total. The molecule has 0 radical (unpaired) electrons. The number of nitrogens with two attached hydrogens (primary N) is 1. The maximum absolute atomic E-state index is 12.4. The van der Waals surface area contributed by atoms with Crippen molar-refractivity contribution in [2.45, 2.75) is 6.42 Å². The molecular formula is C20H20N4O3. The second-order valence-corrected chi connectivity index (χ2v) is 5.87. The van der Waals surface area contributed by atoms with Crippen molar-refractivity contribution < 1.29 is 14.3 Å². The van der Waals surface area contributed by atoms with Gasteiger partial charge in [-0.05, 0) is 42.3 Å². The fourth-order valence-corrected chi connectivity index (χ4v) is 2.58. The van der Waals surface area contributed by atoms with E-state index in [1.807, 2.05) is 36.5 Å². The number of carbonyl (C=O) groups is 2. The lowest BCUT2D eigenvalue weighted by atomic mass is 10.1. The van der Waals surface area contributed by atoms with Crippen LogP contribution < -0.4 is 15.8 Å². The third-order valence-corrected chi connectivity index (χ3v) is 3.91. The minimum Gasteiger partial charge on any atom is -0.483 e. The van der Waals surface area contributed by atoms with Gasteiger partial charge in [-0.3, -0.25) is 9.59 Å². The largest absolute Gasteiger partial charge is 0.483 e. The Balaban J connectivity index is 1.54. The van der Waals surface area contributed by atoms with Crippen molar-refractivity contribution in [3.05, 3.63) is 78.1 Å². The Bertz CT molecular complexity index is 905. The van der Waals surface area contributed by atoms with Crippen LogP contribution in [0.15, 0.2) is 67.0 Å². The number of rotatable bonds is 8. The lowest BCUT2D eigenvalue weighted by molar-refractivity contribution is -0.119. The van der Waals surface area contributed by atoms with Gasteiger partial charge in [0.1, 0.15) is 5.75 Å². The number of benzene rings is 2. The van der Waals surface area contributed by atoms with Crippen LogP contribution in [0.5, 0.6) is 5.75 Å². The molecule has 0 saturated carbocycles. The number of aromatic nitrogens is 2. The van der Waals surface area contributed by atoms with Crippen molar-refractivity contribution in [3.8, 4) is 11.4 Å². The smallest absolute Gasteiger partial charge is 0.255 e. The topological polar surface area (TPSA) is 99.2 Å². The Morgan fingerprint density at radius 1 is 1.07 bits per heavy atom. The molecular weight excluding hydrogens is 344 g/mol. The number of ether oxygens (including phenoxy) is 1. The van der Waals surface area contributed by atoms with Crippen LogP contribution in [0.4, 0.5) is 0 Å². The molecule has 0 atom stereocenters. The number of nitrogens with one attached hydrogen (secondary N) is 1. The maximum atomic E-state index is 12.4. The number of para-hydroxylation sites is 1. The molecule has 138 valence electrons. The van der Waals surface area contributed by atoms with Gasteiger partial charge in [0, 0.05) is 18.9 Å². The molecule has 2 amide bonds. The number of hydrogen-bond acceptors (Lipinski definition) is 4. The zero-order valence-electron chi connectivity index (χ0n) is 14.7. The molecule has 7 heteroatoms. The van der Waals surface area contributed by atoms with Crippen LogP contribution in [0.1, 0.15) is 15.9 Å². The van der Waals surface area contributed by atoms with E-state index in [0.29, 0.717) is 24.3 Å². The standard InChI is InChI=1S/C20H20N4O3/c21-19(25)14-27-18-5-2-1-4-17(18)20(26)22-12-10-15-6-8-16(9-7-15)24-13-3-11-23-24/h1-9,11,13H,10,12,14H2,(H2,21,25)(H,22,26). The van der Waals surface area contributed by atoms with Crippen LogP contribution in [-0.2, 0) is 11.2 Å². The zero-order valence-corrected chi connectivity index (χ0v) is 14.7. The lowest BCUT2D eigenvalue weighted by Gasteiger charge is -2.11. The second-order valence-electron chi connectivity index (χ2n) is 5.87. The fourth-order valence-electron chi connectivity index (χ4n) is 2.58. The number of nitrogens with zero attached hydrogens (tertiary/aromatic N) is 2. The van der Waals surface area contributed by atoms with Gasteiger partial charge in [0.2, 0.25) is 0 Å². The number of hydrogen-bond donors (Lipinski definition) is 2. The summed E-state index contributed by atoms with van der Waals surface area (Å²) < 4.78 is 7.08. The van der Waals surface area contributed by atoms with E-state index in [4.69, 9.17) is 10.5 Å². The first-order chi connectivity index (χ1) is 13.1. The molecule has 0 saturated heterocycles. The minimum atomic E-state index is -0.594. The van der Waals surface area contributed by atoms with Gasteiger partial charge in [-0.2, -0.15) is 5.10 Å². The summed E-state index contributed by atoms with van der Waals surface area (Å²) in [5.41, 5.74) is 7.53. The Hall–Kier alpha value is -3.61. The van der Waals surface area contributed by atoms with Gasteiger partial charge in [-0.25, -0.2) is 4.68 Å². The number of primary amides is 1. The summed E-state index contributed by atoms with van der Waals surface area (Å²) in [5.74, 6) is -0.524. The van der Waals surface area contributed by atoms with Crippen molar-refractivity contribution in [3.63, 3.8) is 0 Å². The van der Waals surface area contributed by atoms with Gasteiger partial charge in [0.05, 0.1) is 11.3 Å². The predicted molar refractivity (Wildman–Crippen MR) is 101 cm³/mol. The zero-order chi connectivity index (χ0) is 19.1. The van der Waals surface area contributed by atoms with E-state index in [0.717, 1.165) is 11.3 Å². The molecule has 0 fully saturated rings. The van der Waals surface area contributed by atoms with E-state index < -0.39 is 5.91 Å². The number of amides is 2. The summed E-state index contributed by atoms with van der Waals surface area (Å²) in [7, 11) is 0. The Morgan fingerprint density at radius 3 is 2.56 bits per heavy atom. The summed E-state index contributed by atoms with van der Waals surface area (Å²) in [6.07, 6.45) is 4.30. The molecule has 0 bridgehead atoms. The fraction of sp³-hybridized carbons (Fsp3) is 0.150. The average Bonchev–Trinajstić information content (AvgIpc) is 3.22. The first-order valence-corrected chi connectivity index (χ1v) is 8.51. The van der Waals surface area contributed by atoms with E-state index in [-0.39, 0.29) is 12.5 Å².